The molecule has 0 aliphatic carbocycles. The monoisotopic (exact) mass is 504 g/mol. The van der Waals surface area contributed by atoms with E-state index < -0.39 is 23.0 Å². The number of nitrogens with zero attached hydrogens (tertiary/aromatic N) is 1. The topological polar surface area (TPSA) is 131 Å². The number of aromatic amines is 1. The lowest BCUT2D eigenvalue weighted by atomic mass is 9.88. The SMILES string of the molecule is COC(=O)CC(c1cc2cc(OC)ccc2[nH]c1=O)c1c(O)cc(C)n(CCc2ccc(O)cc2)c1=O. The Labute approximate surface area is 212 Å². The summed E-state index contributed by atoms with van der Waals surface area (Å²) in [6, 6.07) is 14.9. The molecule has 4 aromatic rings. The molecule has 0 saturated carbocycles. The molecule has 0 fully saturated rings. The molecule has 0 radical (unpaired) electrons. The number of benzene rings is 2. The zero-order valence-corrected chi connectivity index (χ0v) is 20.8. The minimum Gasteiger partial charge on any atom is -0.508 e. The van der Waals surface area contributed by atoms with Gasteiger partial charge < -0.3 is 29.2 Å². The van der Waals surface area contributed by atoms with Crippen LogP contribution in [0, 0.1) is 6.92 Å². The van der Waals surface area contributed by atoms with E-state index in [0.717, 1.165) is 5.56 Å². The van der Waals surface area contributed by atoms with E-state index in [4.69, 9.17) is 9.47 Å². The molecule has 192 valence electrons. The van der Waals surface area contributed by atoms with Gasteiger partial charge in [-0.1, -0.05) is 12.1 Å². The number of carbonyl (C=O) groups excluding carboxylic acids is 1. The van der Waals surface area contributed by atoms with Gasteiger partial charge >= 0.3 is 5.97 Å². The molecule has 9 heteroatoms. The first kappa shape index (κ1) is 25.6. The molecular formula is C28H28N2O7. The van der Waals surface area contributed by atoms with Crippen LogP contribution in [0.5, 0.6) is 17.2 Å². The van der Waals surface area contributed by atoms with Gasteiger partial charge in [-0.15, -0.1) is 0 Å². The van der Waals surface area contributed by atoms with Crippen molar-refractivity contribution in [3.8, 4) is 17.2 Å². The van der Waals surface area contributed by atoms with Crippen molar-refractivity contribution in [3.63, 3.8) is 0 Å². The van der Waals surface area contributed by atoms with Crippen molar-refractivity contribution in [2.24, 2.45) is 0 Å². The van der Waals surface area contributed by atoms with Crippen molar-refractivity contribution in [3.05, 3.63) is 97.7 Å². The Morgan fingerprint density at radius 3 is 2.43 bits per heavy atom. The van der Waals surface area contributed by atoms with Crippen LogP contribution < -0.4 is 15.9 Å². The fourth-order valence-electron chi connectivity index (χ4n) is 4.48. The Morgan fingerprint density at radius 1 is 1.03 bits per heavy atom. The summed E-state index contributed by atoms with van der Waals surface area (Å²) < 4.78 is 11.6. The van der Waals surface area contributed by atoms with E-state index in [9.17, 15) is 24.6 Å². The zero-order chi connectivity index (χ0) is 26.7. The summed E-state index contributed by atoms with van der Waals surface area (Å²) in [5, 5.41) is 21.1. The summed E-state index contributed by atoms with van der Waals surface area (Å²) in [6.07, 6.45) is 0.169. The van der Waals surface area contributed by atoms with E-state index in [-0.39, 0.29) is 29.0 Å². The van der Waals surface area contributed by atoms with Crippen LogP contribution in [0.25, 0.3) is 10.9 Å². The lowest BCUT2D eigenvalue weighted by molar-refractivity contribution is -0.140. The van der Waals surface area contributed by atoms with E-state index in [1.165, 1.54) is 24.9 Å². The number of pyridine rings is 2. The number of aromatic hydroxyl groups is 2. The Balaban J connectivity index is 1.84. The third-order valence-electron chi connectivity index (χ3n) is 6.49. The van der Waals surface area contributed by atoms with E-state index in [1.54, 1.807) is 55.5 Å². The number of aromatic nitrogens is 2. The molecule has 0 saturated heterocycles. The first-order valence-corrected chi connectivity index (χ1v) is 11.7. The Morgan fingerprint density at radius 2 is 1.76 bits per heavy atom. The van der Waals surface area contributed by atoms with E-state index in [1.807, 2.05) is 0 Å². The number of esters is 1. The lowest BCUT2D eigenvalue weighted by Crippen LogP contribution is -2.31. The molecule has 37 heavy (non-hydrogen) atoms. The van der Waals surface area contributed by atoms with Gasteiger partial charge in [-0.3, -0.25) is 14.4 Å². The van der Waals surface area contributed by atoms with Crippen molar-refractivity contribution in [2.45, 2.75) is 32.2 Å². The molecule has 0 aliphatic heterocycles. The number of H-pyrrole nitrogens is 1. The van der Waals surface area contributed by atoms with Crippen LogP contribution in [-0.2, 0) is 22.5 Å². The number of rotatable bonds is 8. The average molecular weight is 505 g/mol. The minimum atomic E-state index is -1.06. The van der Waals surface area contributed by atoms with Gasteiger partial charge in [0, 0.05) is 34.6 Å². The number of aryl methyl sites for hydroxylation is 2. The second-order valence-corrected chi connectivity index (χ2v) is 8.80. The van der Waals surface area contributed by atoms with Crippen LogP contribution in [0.1, 0.15) is 34.7 Å². The van der Waals surface area contributed by atoms with E-state index in [2.05, 4.69) is 4.98 Å². The van der Waals surface area contributed by atoms with Gasteiger partial charge in [0.05, 0.1) is 26.2 Å². The summed E-state index contributed by atoms with van der Waals surface area (Å²) in [5.41, 5.74) is 1.09. The van der Waals surface area contributed by atoms with Crippen molar-refractivity contribution in [2.75, 3.05) is 14.2 Å². The molecule has 0 aliphatic rings. The van der Waals surface area contributed by atoms with Crippen LogP contribution in [0.2, 0.25) is 0 Å². The number of methoxy groups -OCH3 is 2. The van der Waals surface area contributed by atoms with Gasteiger partial charge in [-0.05, 0) is 61.4 Å². The molecule has 0 amide bonds. The summed E-state index contributed by atoms with van der Waals surface area (Å²) in [6.45, 7) is 1.99. The smallest absolute Gasteiger partial charge is 0.306 e. The highest BCUT2D eigenvalue weighted by atomic mass is 16.5. The molecule has 2 heterocycles. The number of fused-ring (bicyclic) bond motifs is 1. The number of phenols is 1. The standard InChI is InChI=1S/C28H28N2O7/c1-16-12-24(32)26(28(35)30(16)11-10-17-4-6-19(31)7-5-17)21(15-25(33)37-3)22-14-18-13-20(36-2)8-9-23(18)29-27(22)34/h4-9,12-14,21,31-32H,10-11,15H2,1-3H3,(H,29,34). The number of ether oxygens (including phenoxy) is 2. The van der Waals surface area contributed by atoms with Crippen LogP contribution >= 0.6 is 0 Å². The van der Waals surface area contributed by atoms with Gasteiger partial charge in [0.25, 0.3) is 11.1 Å². The predicted molar refractivity (Wildman–Crippen MR) is 139 cm³/mol. The Kier molecular flexibility index (Phi) is 7.33. The van der Waals surface area contributed by atoms with Crippen LogP contribution in [-0.4, -0.2) is 40.0 Å². The third-order valence-corrected chi connectivity index (χ3v) is 6.49. The highest BCUT2D eigenvalue weighted by Gasteiger charge is 2.29. The highest BCUT2D eigenvalue weighted by Crippen LogP contribution is 2.32. The first-order valence-electron chi connectivity index (χ1n) is 11.7. The predicted octanol–water partition coefficient (Wildman–Crippen LogP) is 3.36. The molecule has 9 nitrogen and oxygen atoms in total. The molecule has 0 spiro atoms. The first-order chi connectivity index (χ1) is 17.7. The fraction of sp³-hybridized carbons (Fsp3) is 0.250. The maximum Gasteiger partial charge on any atom is 0.306 e. The summed E-state index contributed by atoms with van der Waals surface area (Å²) in [4.78, 5) is 42.0. The fourth-order valence-corrected chi connectivity index (χ4v) is 4.48. The van der Waals surface area contributed by atoms with Crippen LogP contribution in [0.15, 0.2) is 64.2 Å². The van der Waals surface area contributed by atoms with E-state index >= 15 is 0 Å². The molecule has 3 N–H and O–H groups in total. The minimum absolute atomic E-state index is 0.0607. The van der Waals surface area contributed by atoms with E-state index in [0.29, 0.717) is 35.3 Å². The number of nitrogens with one attached hydrogen (secondary N) is 1. The molecule has 1 atom stereocenters. The molecule has 0 bridgehead atoms. The molecule has 2 aromatic heterocycles. The van der Waals surface area contributed by atoms with Gasteiger partial charge in [-0.2, -0.15) is 0 Å². The largest absolute Gasteiger partial charge is 0.508 e. The van der Waals surface area contributed by atoms with Gasteiger partial charge in [0.1, 0.15) is 17.2 Å². The van der Waals surface area contributed by atoms with Crippen molar-refractivity contribution < 1.29 is 24.5 Å². The van der Waals surface area contributed by atoms with Gasteiger partial charge in [0.15, 0.2) is 0 Å². The second-order valence-electron chi connectivity index (χ2n) is 8.80. The van der Waals surface area contributed by atoms with Gasteiger partial charge in [-0.25, -0.2) is 0 Å². The number of hydrogen-bond donors (Lipinski definition) is 3. The molecule has 2 aromatic carbocycles. The zero-order valence-electron chi connectivity index (χ0n) is 20.8. The quantitative estimate of drug-likeness (QED) is 0.314. The second kappa shape index (κ2) is 10.6. The Hall–Kier alpha value is -4.53. The van der Waals surface area contributed by atoms with Crippen molar-refractivity contribution >= 4 is 16.9 Å². The maximum absolute atomic E-state index is 13.7. The maximum atomic E-state index is 13.7. The van der Waals surface area contributed by atoms with Crippen molar-refractivity contribution in [1.82, 2.24) is 9.55 Å². The van der Waals surface area contributed by atoms with Crippen LogP contribution in [0.4, 0.5) is 0 Å². The van der Waals surface area contributed by atoms with Crippen molar-refractivity contribution in [1.29, 1.82) is 0 Å². The Bertz CT molecular complexity index is 1570. The van der Waals surface area contributed by atoms with Crippen LogP contribution in [0.3, 0.4) is 0 Å². The summed E-state index contributed by atoms with van der Waals surface area (Å²) in [5.74, 6) is -1.27. The third kappa shape index (κ3) is 5.35. The molecular weight excluding hydrogens is 476 g/mol. The summed E-state index contributed by atoms with van der Waals surface area (Å²) in [7, 11) is 2.75. The molecule has 4 rings (SSSR count). The molecule has 1 unspecified atom stereocenters. The lowest BCUT2D eigenvalue weighted by Gasteiger charge is -2.20. The number of phenolic OH excluding ortho intramolecular Hbond substituents is 1. The average Bonchev–Trinajstić information content (AvgIpc) is 2.88. The highest BCUT2D eigenvalue weighted by molar-refractivity contribution is 5.81. The normalized spacial score (nSPS) is 11.9. The number of hydrogen-bond acceptors (Lipinski definition) is 7. The summed E-state index contributed by atoms with van der Waals surface area (Å²) >= 11 is 0. The van der Waals surface area contributed by atoms with Gasteiger partial charge in [0.2, 0.25) is 0 Å². The number of carbonyl (C=O) groups is 1.